The van der Waals surface area contributed by atoms with E-state index in [0.717, 1.165) is 48.0 Å². The number of aromatic nitrogens is 2. The second-order valence-electron chi connectivity index (χ2n) is 10.1. The van der Waals surface area contributed by atoms with Gasteiger partial charge in [-0.2, -0.15) is 18.3 Å². The Labute approximate surface area is 214 Å². The van der Waals surface area contributed by atoms with Gasteiger partial charge >= 0.3 is 6.18 Å². The SMILES string of the molecule is Cc1nc(N/N=C/C2=NCC(C)(Nc3cccc(C(F)(F)F)c3)C=C2)nc2c1C=CC(NCC1CC1)C2. The fourth-order valence-electron chi connectivity index (χ4n) is 4.39. The summed E-state index contributed by atoms with van der Waals surface area (Å²) in [6.45, 7) is 5.24. The number of aryl methyl sites for hydroxylation is 1. The highest BCUT2D eigenvalue weighted by Crippen LogP contribution is 2.32. The molecule has 194 valence electrons. The fourth-order valence-corrected chi connectivity index (χ4v) is 4.39. The number of anilines is 2. The molecule has 2 unspecified atom stereocenters. The maximum absolute atomic E-state index is 13.0. The second-order valence-corrected chi connectivity index (χ2v) is 10.1. The van der Waals surface area contributed by atoms with E-state index in [9.17, 15) is 13.2 Å². The summed E-state index contributed by atoms with van der Waals surface area (Å²) in [6, 6.07) is 5.43. The van der Waals surface area contributed by atoms with Gasteiger partial charge in [0.15, 0.2) is 0 Å². The standard InChI is InChI=1S/C27H30F3N7/c1-17-23-9-8-20(31-14-18-6-7-18)13-24(23)35-25(34-17)37-33-15-22-10-11-26(2,16-32-22)36-21-5-3-4-19(12-21)27(28,29)30/h3-5,8-12,15,18,20,31,36H,6-7,13-14,16H2,1-2H3,(H,34,35,37)/b33-15+. The average Bonchev–Trinajstić information content (AvgIpc) is 3.68. The van der Waals surface area contributed by atoms with E-state index in [-0.39, 0.29) is 6.04 Å². The maximum atomic E-state index is 13.0. The highest BCUT2D eigenvalue weighted by molar-refractivity contribution is 6.36. The van der Waals surface area contributed by atoms with Crippen LogP contribution in [0.25, 0.3) is 6.08 Å². The molecule has 1 aromatic heterocycles. The van der Waals surface area contributed by atoms with Crippen LogP contribution in [0, 0.1) is 12.8 Å². The van der Waals surface area contributed by atoms with E-state index in [1.165, 1.54) is 18.9 Å². The van der Waals surface area contributed by atoms with Gasteiger partial charge in [0.25, 0.3) is 0 Å². The monoisotopic (exact) mass is 509 g/mol. The van der Waals surface area contributed by atoms with Crippen molar-refractivity contribution in [2.45, 2.75) is 50.9 Å². The van der Waals surface area contributed by atoms with Gasteiger partial charge in [-0.15, -0.1) is 0 Å². The van der Waals surface area contributed by atoms with E-state index in [0.29, 0.717) is 23.9 Å². The van der Waals surface area contributed by atoms with Crippen molar-refractivity contribution in [2.24, 2.45) is 16.0 Å². The first-order valence-corrected chi connectivity index (χ1v) is 12.4. The molecular weight excluding hydrogens is 479 g/mol. The maximum Gasteiger partial charge on any atom is 0.416 e. The molecular formula is C27H30F3N7. The Kier molecular flexibility index (Phi) is 6.85. The zero-order chi connectivity index (χ0) is 26.0. The lowest BCUT2D eigenvalue weighted by Gasteiger charge is -2.29. The van der Waals surface area contributed by atoms with E-state index < -0.39 is 17.3 Å². The van der Waals surface area contributed by atoms with Crippen LogP contribution in [-0.2, 0) is 12.6 Å². The molecule has 1 aliphatic heterocycles. The van der Waals surface area contributed by atoms with E-state index in [1.54, 1.807) is 18.4 Å². The lowest BCUT2D eigenvalue weighted by Crippen LogP contribution is -2.38. The summed E-state index contributed by atoms with van der Waals surface area (Å²) < 4.78 is 39.1. The molecule has 2 heterocycles. The minimum atomic E-state index is -4.39. The number of hydrazone groups is 1. The number of alkyl halides is 3. The topological polar surface area (TPSA) is 86.6 Å². The molecule has 3 N–H and O–H groups in total. The molecule has 2 aliphatic carbocycles. The zero-order valence-corrected chi connectivity index (χ0v) is 20.8. The molecule has 0 amide bonds. The van der Waals surface area contributed by atoms with Crippen molar-refractivity contribution < 1.29 is 13.2 Å². The van der Waals surface area contributed by atoms with Crippen molar-refractivity contribution in [2.75, 3.05) is 23.8 Å². The Morgan fingerprint density at radius 2 is 2.03 bits per heavy atom. The van der Waals surface area contributed by atoms with Crippen LogP contribution < -0.4 is 16.1 Å². The van der Waals surface area contributed by atoms with Gasteiger partial charge in [0.05, 0.1) is 41.0 Å². The number of dihydropyridines is 1. The molecule has 37 heavy (non-hydrogen) atoms. The molecule has 3 aliphatic rings. The molecule has 1 saturated carbocycles. The highest BCUT2D eigenvalue weighted by Gasteiger charge is 2.31. The molecule has 10 heteroatoms. The van der Waals surface area contributed by atoms with Crippen LogP contribution in [0.3, 0.4) is 0 Å². The quantitative estimate of drug-likeness (QED) is 0.344. The zero-order valence-electron chi connectivity index (χ0n) is 20.8. The van der Waals surface area contributed by atoms with Crippen LogP contribution in [0.1, 0.15) is 42.3 Å². The number of hydrogen-bond donors (Lipinski definition) is 3. The number of allylic oxidation sites excluding steroid dienone is 1. The third-order valence-electron chi connectivity index (χ3n) is 6.68. The lowest BCUT2D eigenvalue weighted by atomic mass is 9.98. The van der Waals surface area contributed by atoms with E-state index in [1.807, 2.05) is 19.9 Å². The number of benzene rings is 1. The summed E-state index contributed by atoms with van der Waals surface area (Å²) >= 11 is 0. The molecule has 2 atom stereocenters. The van der Waals surface area contributed by atoms with Gasteiger partial charge < -0.3 is 10.6 Å². The first kappa shape index (κ1) is 25.1. The van der Waals surface area contributed by atoms with Crippen molar-refractivity contribution in [3.63, 3.8) is 0 Å². The number of nitrogens with one attached hydrogen (secondary N) is 3. The van der Waals surface area contributed by atoms with Crippen molar-refractivity contribution in [3.05, 3.63) is 65.0 Å². The van der Waals surface area contributed by atoms with Crippen molar-refractivity contribution in [1.29, 1.82) is 0 Å². The predicted octanol–water partition coefficient (Wildman–Crippen LogP) is 5.02. The van der Waals surface area contributed by atoms with E-state index >= 15 is 0 Å². The third-order valence-corrected chi connectivity index (χ3v) is 6.68. The van der Waals surface area contributed by atoms with Crippen molar-refractivity contribution in [3.8, 4) is 0 Å². The minimum Gasteiger partial charge on any atom is -0.375 e. The molecule has 7 nitrogen and oxygen atoms in total. The van der Waals surface area contributed by atoms with Crippen molar-refractivity contribution >= 4 is 29.6 Å². The largest absolute Gasteiger partial charge is 0.416 e. The van der Waals surface area contributed by atoms with Gasteiger partial charge in [-0.3, -0.25) is 4.99 Å². The molecule has 2 aromatic rings. The average molecular weight is 510 g/mol. The summed E-state index contributed by atoms with van der Waals surface area (Å²) in [5, 5.41) is 11.0. The summed E-state index contributed by atoms with van der Waals surface area (Å²) in [4.78, 5) is 13.7. The molecule has 0 bridgehead atoms. The van der Waals surface area contributed by atoms with Crippen molar-refractivity contribution in [1.82, 2.24) is 15.3 Å². The summed E-state index contributed by atoms with van der Waals surface area (Å²) in [7, 11) is 0. The molecule has 0 saturated heterocycles. The molecule has 5 rings (SSSR count). The summed E-state index contributed by atoms with van der Waals surface area (Å²) in [5.74, 6) is 1.25. The van der Waals surface area contributed by atoms with Gasteiger partial charge in [0.2, 0.25) is 5.95 Å². The number of fused-ring (bicyclic) bond motifs is 1. The Hall–Kier alpha value is -3.53. The van der Waals surface area contributed by atoms with Crippen LogP contribution in [0.5, 0.6) is 0 Å². The Morgan fingerprint density at radius 3 is 2.76 bits per heavy atom. The Balaban J connectivity index is 1.17. The molecule has 1 aromatic carbocycles. The minimum absolute atomic E-state index is 0.277. The number of hydrogen-bond acceptors (Lipinski definition) is 7. The van der Waals surface area contributed by atoms with Crippen LogP contribution >= 0.6 is 0 Å². The van der Waals surface area contributed by atoms with Gasteiger partial charge in [-0.25, -0.2) is 15.4 Å². The van der Waals surface area contributed by atoms with E-state index in [4.69, 9.17) is 0 Å². The number of nitrogens with zero attached hydrogens (tertiary/aromatic N) is 4. The fraction of sp³-hybridized carbons (Fsp3) is 0.407. The summed E-state index contributed by atoms with van der Waals surface area (Å²) in [5.41, 5.74) is 5.56. The second kappa shape index (κ2) is 10.1. The number of aliphatic imine (C=N–C) groups is 1. The molecule has 1 fully saturated rings. The van der Waals surface area contributed by atoms with Gasteiger partial charge in [-0.05, 0) is 63.4 Å². The third kappa shape index (κ3) is 6.43. The molecule has 0 radical (unpaired) electrons. The highest BCUT2D eigenvalue weighted by atomic mass is 19.4. The van der Waals surface area contributed by atoms with Gasteiger partial charge in [-0.1, -0.05) is 24.3 Å². The van der Waals surface area contributed by atoms with Gasteiger partial charge in [0, 0.05) is 23.7 Å². The number of halogens is 3. The number of rotatable bonds is 8. The molecule has 0 spiro atoms. The Morgan fingerprint density at radius 1 is 1.19 bits per heavy atom. The van der Waals surface area contributed by atoms with E-state index in [2.05, 4.69) is 48.3 Å². The van der Waals surface area contributed by atoms with Crippen LogP contribution in [-0.4, -0.2) is 46.6 Å². The lowest BCUT2D eigenvalue weighted by molar-refractivity contribution is -0.137. The Bertz CT molecular complexity index is 1280. The van der Waals surface area contributed by atoms with Gasteiger partial charge in [0.1, 0.15) is 0 Å². The predicted molar refractivity (Wildman–Crippen MR) is 141 cm³/mol. The van der Waals surface area contributed by atoms with Crippen LogP contribution in [0.4, 0.5) is 24.8 Å². The normalized spacial score (nSPS) is 23.2. The first-order valence-electron chi connectivity index (χ1n) is 12.4. The smallest absolute Gasteiger partial charge is 0.375 e. The summed E-state index contributed by atoms with van der Waals surface area (Å²) in [6.07, 6.45) is 8.59. The van der Waals surface area contributed by atoms with Crippen LogP contribution in [0.15, 0.2) is 52.6 Å². The van der Waals surface area contributed by atoms with Crippen LogP contribution in [0.2, 0.25) is 0 Å². The first-order chi connectivity index (χ1) is 17.7.